The number of rotatable bonds is 5. The summed E-state index contributed by atoms with van der Waals surface area (Å²) in [6.45, 7) is 2.41. The quantitative estimate of drug-likeness (QED) is 0.614. The van der Waals surface area contributed by atoms with Crippen LogP contribution in [0.2, 0.25) is 0 Å². The van der Waals surface area contributed by atoms with E-state index < -0.39 is 0 Å². The molecule has 0 amide bonds. The van der Waals surface area contributed by atoms with E-state index in [0.717, 1.165) is 41.5 Å². The summed E-state index contributed by atoms with van der Waals surface area (Å²) in [6.07, 6.45) is 7.76. The maximum absolute atomic E-state index is 11.9. The number of aromatic nitrogens is 1. The van der Waals surface area contributed by atoms with Gasteiger partial charge in [-0.15, -0.1) is 11.3 Å². The topological polar surface area (TPSA) is 52.3 Å². The molecule has 1 aliphatic rings. The van der Waals surface area contributed by atoms with Crippen LogP contribution in [0.25, 0.3) is 10.8 Å². The van der Waals surface area contributed by atoms with Crippen molar-refractivity contribution in [3.63, 3.8) is 0 Å². The van der Waals surface area contributed by atoms with Crippen molar-refractivity contribution in [2.75, 3.05) is 6.61 Å². The molecule has 4 nitrogen and oxygen atoms in total. The molecule has 0 aliphatic heterocycles. The molecule has 3 rings (SSSR count). The second-order valence-corrected chi connectivity index (χ2v) is 6.42. The van der Waals surface area contributed by atoms with Crippen molar-refractivity contribution >= 4 is 17.3 Å². The number of allylic oxidation sites excluding steroid dienone is 2. The third-order valence-electron chi connectivity index (χ3n) is 3.69. The molecule has 1 unspecified atom stereocenters. The van der Waals surface area contributed by atoms with Crippen molar-refractivity contribution in [3.8, 4) is 10.8 Å². The van der Waals surface area contributed by atoms with Gasteiger partial charge in [0.15, 0.2) is 10.8 Å². The lowest BCUT2D eigenvalue weighted by Gasteiger charge is -2.17. The van der Waals surface area contributed by atoms with E-state index in [2.05, 4.69) is 17.1 Å². The highest BCUT2D eigenvalue weighted by Crippen LogP contribution is 2.26. The Labute approximate surface area is 133 Å². The lowest BCUT2D eigenvalue weighted by atomic mass is 9.95. The van der Waals surface area contributed by atoms with E-state index in [4.69, 9.17) is 9.15 Å². The van der Waals surface area contributed by atoms with Gasteiger partial charge in [0, 0.05) is 5.38 Å². The van der Waals surface area contributed by atoms with E-state index in [1.807, 2.05) is 24.4 Å². The summed E-state index contributed by atoms with van der Waals surface area (Å²) < 4.78 is 10.9. The Morgan fingerprint density at radius 1 is 1.45 bits per heavy atom. The molecule has 0 N–H and O–H groups in total. The zero-order valence-electron chi connectivity index (χ0n) is 12.6. The highest BCUT2D eigenvalue weighted by molar-refractivity contribution is 7.13. The van der Waals surface area contributed by atoms with Crippen LogP contribution in [0.4, 0.5) is 0 Å². The number of furan rings is 1. The summed E-state index contributed by atoms with van der Waals surface area (Å²) in [5, 5.41) is 2.69. The zero-order chi connectivity index (χ0) is 15.4. The van der Waals surface area contributed by atoms with E-state index in [-0.39, 0.29) is 12.4 Å². The van der Waals surface area contributed by atoms with Gasteiger partial charge in [0.1, 0.15) is 5.76 Å². The Hall–Kier alpha value is -1.88. The van der Waals surface area contributed by atoms with Gasteiger partial charge in [0.25, 0.3) is 0 Å². The van der Waals surface area contributed by atoms with E-state index in [0.29, 0.717) is 12.5 Å². The molecule has 1 atom stereocenters. The predicted octanol–water partition coefficient (Wildman–Crippen LogP) is 4.15. The summed E-state index contributed by atoms with van der Waals surface area (Å²) >= 11 is 1.48. The van der Waals surface area contributed by atoms with Crippen molar-refractivity contribution in [1.82, 2.24) is 4.98 Å². The highest BCUT2D eigenvalue weighted by atomic mass is 32.1. The first-order chi connectivity index (χ1) is 10.7. The molecule has 0 bridgehead atoms. The molecule has 2 heterocycles. The number of carbonyl (C=O) groups excluding carboxylic acids is 1. The molecule has 22 heavy (non-hydrogen) atoms. The second kappa shape index (κ2) is 6.92. The molecule has 0 saturated heterocycles. The summed E-state index contributed by atoms with van der Waals surface area (Å²) in [5.41, 5.74) is 0.739. The van der Waals surface area contributed by atoms with Gasteiger partial charge < -0.3 is 9.15 Å². The monoisotopic (exact) mass is 317 g/mol. The van der Waals surface area contributed by atoms with Crippen LogP contribution >= 0.6 is 11.3 Å². The summed E-state index contributed by atoms with van der Waals surface area (Å²) in [5.74, 6) is 1.86. The average Bonchev–Trinajstić information content (AvgIpc) is 3.15. The molecular formula is C17H19NO3S. The van der Waals surface area contributed by atoms with Crippen LogP contribution in [-0.4, -0.2) is 17.6 Å². The van der Waals surface area contributed by atoms with Gasteiger partial charge in [-0.2, -0.15) is 0 Å². The molecule has 0 fully saturated rings. The number of nitrogens with zero attached hydrogens (tertiary/aromatic N) is 1. The number of aryl methyl sites for hydroxylation is 1. The smallest absolute Gasteiger partial charge is 0.311 e. The molecule has 2 aromatic rings. The molecule has 0 aromatic carbocycles. The lowest BCUT2D eigenvalue weighted by molar-refractivity contribution is -0.144. The fraction of sp³-hybridized carbons (Fsp3) is 0.412. The Balaban J connectivity index is 1.51. The number of esters is 1. The molecule has 2 aromatic heterocycles. The fourth-order valence-electron chi connectivity index (χ4n) is 2.47. The summed E-state index contributed by atoms with van der Waals surface area (Å²) in [7, 11) is 0. The molecule has 0 radical (unpaired) electrons. The SMILES string of the molecule is Cc1ccc(-c2nc(CC(=O)OCC3CC=CCC3)cs2)o1. The minimum atomic E-state index is -0.206. The first kappa shape index (κ1) is 15.0. The van der Waals surface area contributed by atoms with Gasteiger partial charge >= 0.3 is 5.97 Å². The van der Waals surface area contributed by atoms with Crippen LogP contribution in [0.15, 0.2) is 34.1 Å². The number of hydrogen-bond acceptors (Lipinski definition) is 5. The van der Waals surface area contributed by atoms with Crippen LogP contribution in [0, 0.1) is 12.8 Å². The van der Waals surface area contributed by atoms with Gasteiger partial charge in [-0.05, 0) is 44.2 Å². The molecule has 1 aliphatic carbocycles. The summed E-state index contributed by atoms with van der Waals surface area (Å²) in [6, 6.07) is 3.80. The molecule has 116 valence electrons. The van der Waals surface area contributed by atoms with Crippen LogP contribution in [0.5, 0.6) is 0 Å². The van der Waals surface area contributed by atoms with Gasteiger partial charge in [-0.3, -0.25) is 4.79 Å². The van der Waals surface area contributed by atoms with Crippen LogP contribution in [0.1, 0.15) is 30.7 Å². The van der Waals surface area contributed by atoms with Gasteiger partial charge in [0.2, 0.25) is 0 Å². The fourth-order valence-corrected chi connectivity index (χ4v) is 3.25. The van der Waals surface area contributed by atoms with Gasteiger partial charge in [-0.1, -0.05) is 12.2 Å². The second-order valence-electron chi connectivity index (χ2n) is 5.56. The van der Waals surface area contributed by atoms with Crippen molar-refractivity contribution < 1.29 is 13.9 Å². The normalized spacial score (nSPS) is 17.6. The van der Waals surface area contributed by atoms with E-state index >= 15 is 0 Å². The number of thiazole rings is 1. The van der Waals surface area contributed by atoms with E-state index in [9.17, 15) is 4.79 Å². The Kier molecular flexibility index (Phi) is 4.73. The minimum Gasteiger partial charge on any atom is -0.465 e. The first-order valence-electron chi connectivity index (χ1n) is 7.52. The van der Waals surface area contributed by atoms with Crippen LogP contribution in [0.3, 0.4) is 0 Å². The number of ether oxygens (including phenoxy) is 1. The molecule has 5 heteroatoms. The third kappa shape index (κ3) is 3.85. The number of carbonyl (C=O) groups is 1. The zero-order valence-corrected chi connectivity index (χ0v) is 13.4. The molecule has 0 spiro atoms. The van der Waals surface area contributed by atoms with Crippen molar-refractivity contribution in [1.29, 1.82) is 0 Å². The van der Waals surface area contributed by atoms with Crippen molar-refractivity contribution in [3.05, 3.63) is 41.1 Å². The van der Waals surface area contributed by atoms with Crippen molar-refractivity contribution in [2.45, 2.75) is 32.6 Å². The maximum Gasteiger partial charge on any atom is 0.311 e. The Morgan fingerprint density at radius 3 is 3.09 bits per heavy atom. The van der Waals surface area contributed by atoms with Gasteiger partial charge in [-0.25, -0.2) is 4.98 Å². The van der Waals surface area contributed by atoms with Crippen molar-refractivity contribution in [2.24, 2.45) is 5.92 Å². The van der Waals surface area contributed by atoms with E-state index in [1.165, 1.54) is 11.3 Å². The maximum atomic E-state index is 11.9. The number of hydrogen-bond donors (Lipinski definition) is 0. The summed E-state index contributed by atoms with van der Waals surface area (Å²) in [4.78, 5) is 16.3. The highest BCUT2D eigenvalue weighted by Gasteiger charge is 2.15. The largest absolute Gasteiger partial charge is 0.465 e. The molecular weight excluding hydrogens is 298 g/mol. The minimum absolute atomic E-state index is 0.206. The average molecular weight is 317 g/mol. The molecule has 0 saturated carbocycles. The van der Waals surface area contributed by atoms with Gasteiger partial charge in [0.05, 0.1) is 18.7 Å². The Morgan fingerprint density at radius 2 is 2.36 bits per heavy atom. The standard InChI is InChI=1S/C17H19NO3S/c1-12-7-8-15(21-12)17-18-14(11-22-17)9-16(19)20-10-13-5-3-2-4-6-13/h2-3,7-8,11,13H,4-6,9-10H2,1H3. The van der Waals surface area contributed by atoms with E-state index in [1.54, 1.807) is 0 Å². The third-order valence-corrected chi connectivity index (χ3v) is 4.59. The Bertz CT molecular complexity index is 671. The van der Waals surface area contributed by atoms with Crippen LogP contribution < -0.4 is 0 Å². The van der Waals surface area contributed by atoms with Crippen LogP contribution in [-0.2, 0) is 16.0 Å². The lowest BCUT2D eigenvalue weighted by Crippen LogP contribution is -2.16. The predicted molar refractivity (Wildman–Crippen MR) is 85.7 cm³/mol. The first-order valence-corrected chi connectivity index (χ1v) is 8.40.